The molecule has 1 aromatic carbocycles. The van der Waals surface area contributed by atoms with Crippen molar-refractivity contribution in [2.24, 2.45) is 0 Å². The van der Waals surface area contributed by atoms with Gasteiger partial charge in [-0.25, -0.2) is 0 Å². The van der Waals surface area contributed by atoms with E-state index in [1.807, 2.05) is 6.07 Å². The summed E-state index contributed by atoms with van der Waals surface area (Å²) >= 11 is -0.394. The average Bonchev–Trinajstić information content (AvgIpc) is 2.14. The summed E-state index contributed by atoms with van der Waals surface area (Å²) in [6.07, 6.45) is 1.32. The predicted molar refractivity (Wildman–Crippen MR) is 61.8 cm³/mol. The average molecular weight is 239 g/mol. The molecule has 0 bridgehead atoms. The van der Waals surface area contributed by atoms with Crippen LogP contribution in [-0.2, 0) is 0 Å². The van der Waals surface area contributed by atoms with Gasteiger partial charge in [0, 0.05) is 0 Å². The van der Waals surface area contributed by atoms with Crippen molar-refractivity contribution in [2.45, 2.75) is 23.1 Å². The van der Waals surface area contributed by atoms with Gasteiger partial charge in [0.05, 0.1) is 0 Å². The van der Waals surface area contributed by atoms with Gasteiger partial charge in [0.2, 0.25) is 0 Å². The molecule has 0 radical (unpaired) electrons. The third kappa shape index (κ3) is 5.00. The maximum atomic E-state index is 3.42. The number of anilines is 1. The topological polar surface area (TPSA) is 12.0 Å². The second-order valence-corrected chi connectivity index (χ2v) is 8.92. The molecule has 0 heterocycles. The summed E-state index contributed by atoms with van der Waals surface area (Å²) in [6, 6.07) is 10.4. The van der Waals surface area contributed by atoms with E-state index in [9.17, 15) is 0 Å². The van der Waals surface area contributed by atoms with Gasteiger partial charge in [-0.15, -0.1) is 0 Å². The number of rotatable bonds is 5. The predicted octanol–water partition coefficient (Wildman–Crippen LogP) is 3.24. The molecule has 0 spiro atoms. The number of para-hydroxylation sites is 1. The molecule has 0 aliphatic rings. The number of nitrogens with one attached hydrogen (secondary N) is 1. The van der Waals surface area contributed by atoms with Crippen LogP contribution in [0.4, 0.5) is 5.69 Å². The normalized spacial score (nSPS) is 10.4. The Balaban J connectivity index is 2.13. The Morgan fingerprint density at radius 2 is 1.85 bits per heavy atom. The van der Waals surface area contributed by atoms with E-state index in [2.05, 4.69) is 41.0 Å². The molecule has 0 amide bonds. The molecule has 0 saturated carbocycles. The van der Waals surface area contributed by atoms with Crippen molar-refractivity contribution in [3.8, 4) is 0 Å². The van der Waals surface area contributed by atoms with Gasteiger partial charge in [0.15, 0.2) is 0 Å². The summed E-state index contributed by atoms with van der Waals surface area (Å²) in [5.74, 6) is 0. The zero-order chi connectivity index (χ0) is 9.52. The summed E-state index contributed by atoms with van der Waals surface area (Å²) in [7, 11) is 0. The molecule has 0 unspecified atom stereocenters. The van der Waals surface area contributed by atoms with Gasteiger partial charge in [0.1, 0.15) is 0 Å². The fourth-order valence-corrected chi connectivity index (χ4v) is 2.84. The Hall–Kier alpha value is -0.422. The van der Waals surface area contributed by atoms with Crippen molar-refractivity contribution in [3.63, 3.8) is 0 Å². The minimum atomic E-state index is -0.394. The Morgan fingerprint density at radius 1 is 1.15 bits per heavy atom. The maximum absolute atomic E-state index is 3.42. The van der Waals surface area contributed by atoms with Crippen LogP contribution in [0, 0.1) is 0 Å². The van der Waals surface area contributed by atoms with Crippen LogP contribution in [0.3, 0.4) is 0 Å². The van der Waals surface area contributed by atoms with Gasteiger partial charge >= 0.3 is 85.6 Å². The Kier molecular flexibility index (Phi) is 5.00. The third-order valence-electron chi connectivity index (χ3n) is 1.89. The summed E-state index contributed by atoms with van der Waals surface area (Å²) in [6.45, 7) is 1.12. The molecule has 1 aromatic rings. The zero-order valence-corrected chi connectivity index (χ0v) is 10.3. The Bertz CT molecular complexity index is 221. The SMILES string of the molecule is C[As](C)CCCNc1ccccc1. The van der Waals surface area contributed by atoms with Crippen LogP contribution >= 0.6 is 0 Å². The molecule has 0 saturated heterocycles. The van der Waals surface area contributed by atoms with Crippen molar-refractivity contribution in [3.05, 3.63) is 30.3 Å². The number of hydrogen-bond donors (Lipinski definition) is 1. The van der Waals surface area contributed by atoms with Gasteiger partial charge in [-0.2, -0.15) is 0 Å². The van der Waals surface area contributed by atoms with Crippen LogP contribution in [0.2, 0.25) is 16.6 Å². The molecule has 1 rings (SSSR count). The molecule has 0 atom stereocenters. The second-order valence-electron chi connectivity index (χ2n) is 3.45. The van der Waals surface area contributed by atoms with E-state index in [1.54, 1.807) is 0 Å². The van der Waals surface area contributed by atoms with Gasteiger partial charge in [0.25, 0.3) is 0 Å². The van der Waals surface area contributed by atoms with Gasteiger partial charge in [-0.1, -0.05) is 0 Å². The molecule has 1 N–H and O–H groups in total. The Morgan fingerprint density at radius 3 is 2.46 bits per heavy atom. The fraction of sp³-hybridized carbons (Fsp3) is 0.455. The molecule has 13 heavy (non-hydrogen) atoms. The van der Waals surface area contributed by atoms with Crippen molar-refractivity contribution >= 4 is 20.3 Å². The number of benzene rings is 1. The first-order chi connectivity index (χ1) is 6.29. The van der Waals surface area contributed by atoms with Gasteiger partial charge in [-0.05, 0) is 0 Å². The first-order valence-corrected chi connectivity index (χ1v) is 9.80. The summed E-state index contributed by atoms with van der Waals surface area (Å²) < 4.78 is 0. The molecular weight excluding hydrogens is 221 g/mol. The van der Waals surface area contributed by atoms with Crippen molar-refractivity contribution in [1.29, 1.82) is 0 Å². The van der Waals surface area contributed by atoms with E-state index in [1.165, 1.54) is 17.3 Å². The standard InChI is InChI=1S/C11H18AsN/c1-12(2)9-6-10-13-11-7-4-3-5-8-11/h3-5,7-8,13H,6,9-10H2,1-2H3. The molecule has 72 valence electrons. The molecule has 0 aliphatic carbocycles. The van der Waals surface area contributed by atoms with Crippen molar-refractivity contribution in [1.82, 2.24) is 0 Å². The fourth-order valence-electron chi connectivity index (χ4n) is 1.18. The summed E-state index contributed by atoms with van der Waals surface area (Å²) in [4.78, 5) is 0. The zero-order valence-electron chi connectivity index (χ0n) is 8.46. The first-order valence-electron chi connectivity index (χ1n) is 4.72. The van der Waals surface area contributed by atoms with Crippen LogP contribution in [-0.4, -0.2) is 21.2 Å². The second kappa shape index (κ2) is 6.10. The molecular formula is C11H18AsN. The van der Waals surface area contributed by atoms with Crippen LogP contribution in [0.1, 0.15) is 6.42 Å². The van der Waals surface area contributed by atoms with E-state index in [4.69, 9.17) is 0 Å². The molecule has 0 aromatic heterocycles. The molecule has 2 heteroatoms. The first kappa shape index (κ1) is 10.7. The van der Waals surface area contributed by atoms with E-state index in [0.29, 0.717) is 0 Å². The van der Waals surface area contributed by atoms with Crippen LogP contribution in [0.25, 0.3) is 0 Å². The quantitative estimate of drug-likeness (QED) is 0.614. The number of hydrogen-bond acceptors (Lipinski definition) is 1. The van der Waals surface area contributed by atoms with Gasteiger partial charge < -0.3 is 0 Å². The van der Waals surface area contributed by atoms with E-state index < -0.39 is 14.7 Å². The van der Waals surface area contributed by atoms with Gasteiger partial charge in [-0.3, -0.25) is 0 Å². The molecule has 0 aliphatic heterocycles. The van der Waals surface area contributed by atoms with E-state index in [0.717, 1.165) is 6.54 Å². The third-order valence-corrected chi connectivity index (χ3v) is 4.43. The summed E-state index contributed by atoms with van der Waals surface area (Å²) in [5.41, 5.74) is 6.07. The Labute approximate surface area is 85.8 Å². The molecule has 0 fully saturated rings. The van der Waals surface area contributed by atoms with E-state index in [-0.39, 0.29) is 0 Å². The van der Waals surface area contributed by atoms with Crippen LogP contribution in [0.5, 0.6) is 0 Å². The van der Waals surface area contributed by atoms with E-state index >= 15 is 0 Å². The van der Waals surface area contributed by atoms with Crippen LogP contribution < -0.4 is 5.32 Å². The minimum absolute atomic E-state index is 0.394. The van der Waals surface area contributed by atoms with Crippen molar-refractivity contribution in [2.75, 3.05) is 11.9 Å². The monoisotopic (exact) mass is 239 g/mol. The van der Waals surface area contributed by atoms with Crippen molar-refractivity contribution < 1.29 is 0 Å². The molecule has 1 nitrogen and oxygen atoms in total. The van der Waals surface area contributed by atoms with Crippen LogP contribution in [0.15, 0.2) is 30.3 Å². The summed E-state index contributed by atoms with van der Waals surface area (Å²) in [5, 5.41) is 4.87.